The highest BCUT2D eigenvalue weighted by Gasteiger charge is 2.63. The van der Waals surface area contributed by atoms with Crippen LogP contribution in [0.5, 0.6) is 5.75 Å². The highest BCUT2D eigenvalue weighted by atomic mass is 16.5. The normalized spacial score (nSPS) is 35.0. The number of hydrogen-bond acceptors (Lipinski definition) is 4. The molecule has 2 aliphatic rings. The zero-order valence-electron chi connectivity index (χ0n) is 14.8. The van der Waals surface area contributed by atoms with Gasteiger partial charge in [0.05, 0.1) is 12.0 Å². The number of hydrogen-bond donors (Lipinski definition) is 2. The van der Waals surface area contributed by atoms with Crippen LogP contribution in [0.4, 0.5) is 0 Å². The van der Waals surface area contributed by atoms with Crippen molar-refractivity contribution in [3.63, 3.8) is 0 Å². The summed E-state index contributed by atoms with van der Waals surface area (Å²) in [5, 5.41) is 20.5. The minimum Gasteiger partial charge on any atom is -0.490 e. The first-order valence-corrected chi connectivity index (χ1v) is 9.06. The van der Waals surface area contributed by atoms with Gasteiger partial charge in [-0.1, -0.05) is 43.9 Å². The van der Waals surface area contributed by atoms with E-state index in [9.17, 15) is 15.0 Å². The molecule has 6 atom stereocenters. The molecule has 1 aromatic carbocycles. The third kappa shape index (κ3) is 3.31. The average Bonchev–Trinajstić information content (AvgIpc) is 2.63. The number of ketones is 1. The Morgan fingerprint density at radius 1 is 1.36 bits per heavy atom. The third-order valence-electron chi connectivity index (χ3n) is 5.84. The van der Waals surface area contributed by atoms with E-state index in [1.807, 2.05) is 44.2 Å². The molecule has 134 valence electrons. The van der Waals surface area contributed by atoms with E-state index in [0.717, 1.165) is 12.8 Å². The Morgan fingerprint density at radius 3 is 2.76 bits per heavy atom. The topological polar surface area (TPSA) is 66.8 Å². The lowest BCUT2D eigenvalue weighted by Gasteiger charge is -2.57. The molecule has 0 aliphatic heterocycles. The molecule has 0 heterocycles. The number of carbonyl (C=O) groups is 1. The van der Waals surface area contributed by atoms with Crippen molar-refractivity contribution < 1.29 is 19.7 Å². The SMILES string of the molecule is CCC1C(=O)[C@]2(C)CC[C@H](O)[C@@H](C#C[C@H](O)COc3ccccc3)[C@H]12. The standard InChI is InChI=1S/C21H26O4/c1-3-16-19-17(18(23)11-12-21(19,2)20(16)24)10-9-14(22)13-25-15-7-5-4-6-8-15/h4-8,14,16-19,22-23H,3,11-13H2,1-2H3/t14-,16?,17+,18-,19-,21+/m0/s1. The smallest absolute Gasteiger partial charge is 0.148 e. The Kier molecular flexibility index (Phi) is 5.17. The Balaban J connectivity index is 1.66. The van der Waals surface area contributed by atoms with Gasteiger partial charge in [-0.2, -0.15) is 0 Å². The Bertz CT molecular complexity index is 674. The monoisotopic (exact) mass is 342 g/mol. The van der Waals surface area contributed by atoms with Crippen molar-refractivity contribution in [1.82, 2.24) is 0 Å². The van der Waals surface area contributed by atoms with Crippen LogP contribution in [0.15, 0.2) is 30.3 Å². The van der Waals surface area contributed by atoms with E-state index in [1.54, 1.807) is 0 Å². The van der Waals surface area contributed by atoms with Crippen molar-refractivity contribution in [3.8, 4) is 17.6 Å². The molecule has 25 heavy (non-hydrogen) atoms. The second kappa shape index (κ2) is 7.19. The van der Waals surface area contributed by atoms with Gasteiger partial charge in [0.1, 0.15) is 24.2 Å². The van der Waals surface area contributed by atoms with Gasteiger partial charge in [0, 0.05) is 11.3 Å². The molecule has 0 saturated heterocycles. The van der Waals surface area contributed by atoms with Crippen LogP contribution in [-0.4, -0.2) is 34.8 Å². The summed E-state index contributed by atoms with van der Waals surface area (Å²) in [7, 11) is 0. The summed E-state index contributed by atoms with van der Waals surface area (Å²) in [6.45, 7) is 4.09. The summed E-state index contributed by atoms with van der Waals surface area (Å²) < 4.78 is 5.51. The molecule has 0 aromatic heterocycles. The zero-order chi connectivity index (χ0) is 18.0. The van der Waals surface area contributed by atoms with E-state index in [4.69, 9.17) is 4.74 Å². The lowest BCUT2D eigenvalue weighted by molar-refractivity contribution is -0.171. The maximum Gasteiger partial charge on any atom is 0.148 e. The van der Waals surface area contributed by atoms with Gasteiger partial charge in [0.2, 0.25) is 0 Å². The van der Waals surface area contributed by atoms with Crippen molar-refractivity contribution in [2.45, 2.75) is 45.3 Å². The first-order valence-electron chi connectivity index (χ1n) is 9.06. The van der Waals surface area contributed by atoms with E-state index < -0.39 is 12.2 Å². The molecule has 1 aromatic rings. The van der Waals surface area contributed by atoms with Crippen LogP contribution in [0.25, 0.3) is 0 Å². The molecule has 2 aliphatic carbocycles. The van der Waals surface area contributed by atoms with Crippen molar-refractivity contribution in [3.05, 3.63) is 30.3 Å². The molecule has 0 radical (unpaired) electrons. The zero-order valence-corrected chi connectivity index (χ0v) is 14.8. The van der Waals surface area contributed by atoms with Crippen LogP contribution in [0.1, 0.15) is 33.1 Å². The highest BCUT2D eigenvalue weighted by molar-refractivity contribution is 5.94. The fourth-order valence-corrected chi connectivity index (χ4v) is 4.45. The van der Waals surface area contributed by atoms with Crippen molar-refractivity contribution in [1.29, 1.82) is 0 Å². The molecule has 0 amide bonds. The van der Waals surface area contributed by atoms with E-state index in [-0.39, 0.29) is 29.8 Å². The number of carbonyl (C=O) groups excluding carboxylic acids is 1. The number of benzene rings is 1. The fraction of sp³-hybridized carbons (Fsp3) is 0.571. The number of aliphatic hydroxyl groups excluding tert-OH is 2. The van der Waals surface area contributed by atoms with Gasteiger partial charge in [-0.3, -0.25) is 4.79 Å². The molecule has 2 saturated carbocycles. The van der Waals surface area contributed by atoms with Crippen LogP contribution in [-0.2, 0) is 4.79 Å². The molecular weight excluding hydrogens is 316 g/mol. The molecular formula is C21H26O4. The second-order valence-corrected chi connectivity index (χ2v) is 7.38. The summed E-state index contributed by atoms with van der Waals surface area (Å²) in [4.78, 5) is 12.4. The number of ether oxygens (including phenoxy) is 1. The van der Waals surface area contributed by atoms with E-state index >= 15 is 0 Å². The Hall–Kier alpha value is -1.83. The van der Waals surface area contributed by atoms with E-state index in [2.05, 4.69) is 11.8 Å². The quantitative estimate of drug-likeness (QED) is 0.825. The van der Waals surface area contributed by atoms with Crippen LogP contribution in [0.3, 0.4) is 0 Å². The summed E-state index contributed by atoms with van der Waals surface area (Å²) in [5.41, 5.74) is -0.356. The minimum atomic E-state index is -0.920. The molecule has 1 unspecified atom stereocenters. The summed E-state index contributed by atoms with van der Waals surface area (Å²) in [6.07, 6.45) is 0.646. The predicted molar refractivity (Wildman–Crippen MR) is 94.8 cm³/mol. The number of rotatable bonds is 4. The first-order chi connectivity index (χ1) is 12.0. The second-order valence-electron chi connectivity index (χ2n) is 7.38. The average molecular weight is 342 g/mol. The number of Topliss-reactive ketones (excluding diaryl/α,β-unsaturated/α-hetero) is 1. The molecule has 2 fully saturated rings. The third-order valence-corrected chi connectivity index (χ3v) is 5.84. The molecule has 4 heteroatoms. The van der Waals surface area contributed by atoms with Gasteiger partial charge in [0.25, 0.3) is 0 Å². The van der Waals surface area contributed by atoms with Gasteiger partial charge >= 0.3 is 0 Å². The lowest BCUT2D eigenvalue weighted by atomic mass is 9.44. The molecule has 0 spiro atoms. The lowest BCUT2D eigenvalue weighted by Crippen LogP contribution is -2.62. The van der Waals surface area contributed by atoms with Gasteiger partial charge in [0.15, 0.2) is 0 Å². The summed E-state index contributed by atoms with van der Waals surface area (Å²) in [5.74, 6) is 6.70. The van der Waals surface area contributed by atoms with Crippen molar-refractivity contribution >= 4 is 5.78 Å². The summed E-state index contributed by atoms with van der Waals surface area (Å²) >= 11 is 0. The minimum absolute atomic E-state index is 0.0167. The largest absolute Gasteiger partial charge is 0.490 e. The highest BCUT2D eigenvalue weighted by Crippen LogP contribution is 2.59. The number of fused-ring (bicyclic) bond motifs is 1. The maximum atomic E-state index is 12.4. The van der Waals surface area contributed by atoms with Gasteiger partial charge in [-0.25, -0.2) is 0 Å². The van der Waals surface area contributed by atoms with Gasteiger partial charge < -0.3 is 14.9 Å². The van der Waals surface area contributed by atoms with Crippen molar-refractivity contribution in [2.24, 2.45) is 23.2 Å². The van der Waals surface area contributed by atoms with Crippen LogP contribution >= 0.6 is 0 Å². The molecule has 3 rings (SSSR count). The van der Waals surface area contributed by atoms with E-state index in [1.165, 1.54) is 0 Å². The first kappa shape index (κ1) is 18.0. The van der Waals surface area contributed by atoms with Crippen LogP contribution < -0.4 is 4.74 Å². The van der Waals surface area contributed by atoms with E-state index in [0.29, 0.717) is 18.0 Å². The van der Waals surface area contributed by atoms with Crippen molar-refractivity contribution in [2.75, 3.05) is 6.61 Å². The van der Waals surface area contributed by atoms with Gasteiger partial charge in [-0.15, -0.1) is 0 Å². The fourth-order valence-electron chi connectivity index (χ4n) is 4.45. The van der Waals surface area contributed by atoms with Crippen LogP contribution in [0.2, 0.25) is 0 Å². The predicted octanol–water partition coefficient (Wildman–Crippen LogP) is 2.43. The maximum absolute atomic E-state index is 12.4. The van der Waals surface area contributed by atoms with Crippen LogP contribution in [0, 0.1) is 35.0 Å². The molecule has 4 nitrogen and oxygen atoms in total. The Morgan fingerprint density at radius 2 is 2.08 bits per heavy atom. The number of para-hydroxylation sites is 1. The Labute approximate surface area is 149 Å². The molecule has 0 bridgehead atoms. The number of aliphatic hydroxyl groups is 2. The molecule has 2 N–H and O–H groups in total. The van der Waals surface area contributed by atoms with Gasteiger partial charge in [-0.05, 0) is 37.3 Å². The summed E-state index contributed by atoms with van der Waals surface area (Å²) in [6, 6.07) is 9.27.